The maximum Gasteiger partial charge on any atom is 0.293 e. The molecule has 1 aliphatic heterocycles. The third-order valence-electron chi connectivity index (χ3n) is 5.04. The molecule has 3 aromatic rings. The first kappa shape index (κ1) is 25.4. The molecule has 0 unspecified atom stereocenters. The van der Waals surface area contributed by atoms with E-state index in [9.17, 15) is 19.7 Å². The Hall–Kier alpha value is -2.66. The van der Waals surface area contributed by atoms with E-state index < -0.39 is 16.1 Å². The van der Waals surface area contributed by atoms with Crippen molar-refractivity contribution in [2.75, 3.05) is 0 Å². The smallest absolute Gasteiger partial charge is 0.293 e. The molecule has 0 bridgehead atoms. The largest absolute Gasteiger partial charge is 0.486 e. The minimum Gasteiger partial charge on any atom is -0.486 e. The van der Waals surface area contributed by atoms with Gasteiger partial charge in [0.15, 0.2) is 0 Å². The lowest BCUT2D eigenvalue weighted by atomic mass is 10.1. The first-order valence-corrected chi connectivity index (χ1v) is 12.9. The summed E-state index contributed by atoms with van der Waals surface area (Å²) >= 11 is 14.0. The summed E-state index contributed by atoms with van der Waals surface area (Å²) in [4.78, 5) is 37.4. The number of carbonyl (C=O) groups excluding carboxylic acids is 2. The first-order chi connectivity index (χ1) is 16.7. The number of halogens is 3. The Morgan fingerprint density at radius 2 is 1.66 bits per heavy atom. The van der Waals surface area contributed by atoms with Gasteiger partial charge in [-0.1, -0.05) is 48.0 Å². The fourth-order valence-electron chi connectivity index (χ4n) is 3.35. The van der Waals surface area contributed by atoms with Gasteiger partial charge in [-0.25, -0.2) is 0 Å². The van der Waals surface area contributed by atoms with E-state index in [1.54, 1.807) is 30.3 Å². The lowest BCUT2D eigenvalue weighted by Crippen LogP contribution is -2.27. The Morgan fingerprint density at radius 3 is 2.31 bits per heavy atom. The van der Waals surface area contributed by atoms with Crippen LogP contribution in [0.15, 0.2) is 74.5 Å². The van der Waals surface area contributed by atoms with Gasteiger partial charge in [-0.3, -0.25) is 24.6 Å². The maximum absolute atomic E-state index is 12.9. The van der Waals surface area contributed by atoms with Crippen molar-refractivity contribution in [1.29, 1.82) is 0 Å². The van der Waals surface area contributed by atoms with Crippen molar-refractivity contribution in [2.24, 2.45) is 0 Å². The first-order valence-electron chi connectivity index (χ1n) is 10.1. The second-order valence-electron chi connectivity index (χ2n) is 7.35. The summed E-state index contributed by atoms with van der Waals surface area (Å²) in [5.41, 5.74) is 1.64. The zero-order valence-electron chi connectivity index (χ0n) is 17.7. The molecule has 0 spiro atoms. The standard InChI is InChI=1S/C24H15Br2ClN2O5S/c25-17-9-14(10-18(26)22(17)34-13-16-6-1-3-7-19(16)27)11-21-23(30)28(24(31)35-21)12-15-5-2-4-8-20(15)29(32)33/h1-11H,12-13H2/b21-11+. The van der Waals surface area contributed by atoms with E-state index in [4.69, 9.17) is 16.3 Å². The fraction of sp³-hybridized carbons (Fsp3) is 0.0833. The van der Waals surface area contributed by atoms with Crippen molar-refractivity contribution in [2.45, 2.75) is 13.2 Å². The van der Waals surface area contributed by atoms with Crippen LogP contribution >= 0.6 is 55.2 Å². The summed E-state index contributed by atoms with van der Waals surface area (Å²) in [6.07, 6.45) is 1.59. The van der Waals surface area contributed by atoms with E-state index in [1.807, 2.05) is 18.2 Å². The molecule has 0 aliphatic carbocycles. The predicted molar refractivity (Wildman–Crippen MR) is 142 cm³/mol. The number of nitrogens with zero attached hydrogens (tertiary/aromatic N) is 2. The monoisotopic (exact) mass is 636 g/mol. The molecule has 0 aromatic heterocycles. The zero-order chi connectivity index (χ0) is 25.1. The Labute approximate surface area is 226 Å². The molecular weight excluding hydrogens is 624 g/mol. The van der Waals surface area contributed by atoms with Gasteiger partial charge in [0.1, 0.15) is 12.4 Å². The van der Waals surface area contributed by atoms with Crippen LogP contribution in [-0.4, -0.2) is 21.0 Å². The molecule has 4 rings (SSSR count). The highest BCUT2D eigenvalue weighted by Gasteiger charge is 2.36. The minimum atomic E-state index is -0.533. The van der Waals surface area contributed by atoms with Crippen LogP contribution in [0.4, 0.5) is 10.5 Å². The summed E-state index contributed by atoms with van der Waals surface area (Å²) < 4.78 is 7.21. The molecule has 7 nitrogen and oxygen atoms in total. The molecule has 11 heteroatoms. The molecule has 0 atom stereocenters. The fourth-order valence-corrected chi connectivity index (χ4v) is 5.83. The van der Waals surface area contributed by atoms with Gasteiger partial charge in [0, 0.05) is 22.2 Å². The van der Waals surface area contributed by atoms with Gasteiger partial charge in [-0.15, -0.1) is 0 Å². The number of benzene rings is 3. The van der Waals surface area contributed by atoms with Crippen molar-refractivity contribution in [3.8, 4) is 5.75 Å². The molecule has 1 saturated heterocycles. The number of ether oxygens (including phenoxy) is 1. The van der Waals surface area contributed by atoms with E-state index in [-0.39, 0.29) is 29.3 Å². The number of rotatable bonds is 7. The molecule has 2 amide bonds. The zero-order valence-corrected chi connectivity index (χ0v) is 22.5. The van der Waals surface area contributed by atoms with E-state index >= 15 is 0 Å². The van der Waals surface area contributed by atoms with E-state index in [0.29, 0.717) is 25.3 Å². The van der Waals surface area contributed by atoms with E-state index in [2.05, 4.69) is 31.9 Å². The maximum atomic E-state index is 12.9. The highest BCUT2D eigenvalue weighted by atomic mass is 79.9. The Kier molecular flexibility index (Phi) is 7.95. The normalized spacial score (nSPS) is 14.6. The quantitative estimate of drug-likeness (QED) is 0.151. The summed E-state index contributed by atoms with van der Waals surface area (Å²) in [7, 11) is 0. The summed E-state index contributed by atoms with van der Waals surface area (Å²) in [6.45, 7) is 0.0854. The molecule has 35 heavy (non-hydrogen) atoms. The average molecular weight is 639 g/mol. The molecule has 1 aliphatic rings. The second-order valence-corrected chi connectivity index (χ2v) is 10.5. The topological polar surface area (TPSA) is 89.8 Å². The molecule has 1 fully saturated rings. The van der Waals surface area contributed by atoms with Crippen molar-refractivity contribution in [1.82, 2.24) is 4.90 Å². The van der Waals surface area contributed by atoms with Crippen molar-refractivity contribution >= 4 is 78.1 Å². The number of hydrogen-bond acceptors (Lipinski definition) is 6. The lowest BCUT2D eigenvalue weighted by Gasteiger charge is -2.13. The van der Waals surface area contributed by atoms with Gasteiger partial charge in [-0.05, 0) is 73.5 Å². The molecule has 0 radical (unpaired) electrons. The highest BCUT2D eigenvalue weighted by molar-refractivity contribution is 9.11. The Morgan fingerprint density at radius 1 is 1.03 bits per heavy atom. The van der Waals surface area contributed by atoms with Gasteiger partial charge in [0.05, 0.1) is 25.3 Å². The van der Waals surface area contributed by atoms with Crippen LogP contribution in [0.1, 0.15) is 16.7 Å². The van der Waals surface area contributed by atoms with Crippen LogP contribution in [0.5, 0.6) is 5.75 Å². The molecule has 0 N–H and O–H groups in total. The van der Waals surface area contributed by atoms with Crippen LogP contribution < -0.4 is 4.74 Å². The molecular formula is C24H15Br2ClN2O5S. The number of amides is 2. The van der Waals surface area contributed by atoms with Crippen molar-refractivity contribution in [3.63, 3.8) is 0 Å². The SMILES string of the molecule is O=C1S/C(=C/c2cc(Br)c(OCc3ccccc3Cl)c(Br)c2)C(=O)N1Cc1ccccc1[N+](=O)[O-]. The number of para-hydroxylation sites is 1. The Bertz CT molecular complexity index is 1360. The number of imide groups is 1. The number of nitro groups is 1. The summed E-state index contributed by atoms with van der Waals surface area (Å²) in [5, 5.41) is 11.4. The number of thioether (sulfide) groups is 1. The van der Waals surface area contributed by atoms with Crippen LogP contribution in [0, 0.1) is 10.1 Å². The van der Waals surface area contributed by atoms with Crippen LogP contribution in [0.25, 0.3) is 6.08 Å². The third kappa shape index (κ3) is 5.78. The number of hydrogen-bond donors (Lipinski definition) is 0. The summed E-state index contributed by atoms with van der Waals surface area (Å²) in [5.74, 6) is 0.0519. The molecule has 1 heterocycles. The van der Waals surface area contributed by atoms with E-state index in [0.717, 1.165) is 22.2 Å². The van der Waals surface area contributed by atoms with Crippen LogP contribution in [-0.2, 0) is 17.9 Å². The van der Waals surface area contributed by atoms with Gasteiger partial charge < -0.3 is 4.74 Å². The molecule has 0 saturated carbocycles. The van der Waals surface area contributed by atoms with Gasteiger partial charge in [-0.2, -0.15) is 0 Å². The molecule has 178 valence electrons. The van der Waals surface area contributed by atoms with Gasteiger partial charge in [0.25, 0.3) is 16.8 Å². The highest BCUT2D eigenvalue weighted by Crippen LogP contribution is 2.39. The van der Waals surface area contributed by atoms with Gasteiger partial charge >= 0.3 is 0 Å². The third-order valence-corrected chi connectivity index (χ3v) is 7.49. The average Bonchev–Trinajstić information content (AvgIpc) is 3.07. The van der Waals surface area contributed by atoms with Crippen molar-refractivity contribution < 1.29 is 19.2 Å². The molecule has 3 aromatic carbocycles. The van der Waals surface area contributed by atoms with Gasteiger partial charge in [0.2, 0.25) is 0 Å². The second kappa shape index (κ2) is 10.9. The van der Waals surface area contributed by atoms with Crippen LogP contribution in [0.2, 0.25) is 5.02 Å². The summed E-state index contributed by atoms with van der Waals surface area (Å²) in [6, 6.07) is 16.9. The van der Waals surface area contributed by atoms with Crippen LogP contribution in [0.3, 0.4) is 0 Å². The predicted octanol–water partition coefficient (Wildman–Crippen LogP) is 7.59. The number of carbonyl (C=O) groups is 2. The lowest BCUT2D eigenvalue weighted by molar-refractivity contribution is -0.385. The minimum absolute atomic E-state index is 0.143. The van der Waals surface area contributed by atoms with E-state index in [1.165, 1.54) is 18.2 Å². The van der Waals surface area contributed by atoms with Crippen molar-refractivity contribution in [3.05, 3.63) is 106 Å². The number of nitro benzene ring substituents is 1. The Balaban J connectivity index is 1.53.